The van der Waals surface area contributed by atoms with E-state index in [0.717, 1.165) is 25.6 Å². The highest BCUT2D eigenvalue weighted by Gasteiger charge is 2.09. The summed E-state index contributed by atoms with van der Waals surface area (Å²) in [7, 11) is 0. The molecule has 6 heteroatoms. The van der Waals surface area contributed by atoms with Crippen molar-refractivity contribution in [3.63, 3.8) is 0 Å². The van der Waals surface area contributed by atoms with E-state index in [1.807, 2.05) is 30.3 Å². The zero-order valence-corrected chi connectivity index (χ0v) is 12.7. The fourth-order valence-electron chi connectivity index (χ4n) is 2.00. The SMILES string of the molecule is O=[n+]1cc2ccc(Br)nc2cn1Cc1cccc(Cl)c1. The molecule has 0 N–H and O–H groups in total. The van der Waals surface area contributed by atoms with Crippen molar-refractivity contribution in [3.05, 3.63) is 68.9 Å². The minimum atomic E-state index is 0.439. The summed E-state index contributed by atoms with van der Waals surface area (Å²) in [4.78, 5) is 16.4. The third-order valence-electron chi connectivity index (χ3n) is 2.93. The Bertz CT molecular complexity index is 847. The molecule has 0 aliphatic carbocycles. The van der Waals surface area contributed by atoms with Crippen molar-refractivity contribution in [2.24, 2.45) is 0 Å². The highest BCUT2D eigenvalue weighted by atomic mass is 79.9. The van der Waals surface area contributed by atoms with E-state index >= 15 is 0 Å². The molecule has 0 saturated carbocycles. The number of nitrogens with zero attached hydrogens (tertiary/aromatic N) is 3. The third-order valence-corrected chi connectivity index (χ3v) is 3.61. The number of benzene rings is 1. The number of fused-ring (bicyclic) bond motifs is 1. The van der Waals surface area contributed by atoms with Crippen molar-refractivity contribution in [2.75, 3.05) is 0 Å². The molecule has 2 heterocycles. The molecule has 0 spiro atoms. The minimum absolute atomic E-state index is 0.439. The van der Waals surface area contributed by atoms with Gasteiger partial charge in [-0.3, -0.25) is 0 Å². The van der Waals surface area contributed by atoms with Gasteiger partial charge in [0.15, 0.2) is 4.54 Å². The van der Waals surface area contributed by atoms with Crippen molar-refractivity contribution >= 4 is 38.4 Å². The van der Waals surface area contributed by atoms with Gasteiger partial charge < -0.3 is 0 Å². The monoisotopic (exact) mass is 350 g/mol. The lowest BCUT2D eigenvalue weighted by Crippen LogP contribution is -2.30. The van der Waals surface area contributed by atoms with E-state index < -0.39 is 0 Å². The first-order valence-electron chi connectivity index (χ1n) is 5.95. The van der Waals surface area contributed by atoms with E-state index in [9.17, 15) is 4.91 Å². The fraction of sp³-hybridized carbons (Fsp3) is 0.0714. The Morgan fingerprint density at radius 3 is 2.95 bits per heavy atom. The Hall–Kier alpha value is -1.72. The van der Waals surface area contributed by atoms with Crippen LogP contribution in [0.5, 0.6) is 0 Å². The lowest BCUT2D eigenvalue weighted by atomic mass is 10.2. The number of rotatable bonds is 2. The van der Waals surface area contributed by atoms with Crippen LogP contribution in [0.25, 0.3) is 10.9 Å². The third kappa shape index (κ3) is 2.73. The highest BCUT2D eigenvalue weighted by molar-refractivity contribution is 9.10. The first-order chi connectivity index (χ1) is 9.61. The number of aromatic nitrogens is 3. The van der Waals surface area contributed by atoms with Gasteiger partial charge in [-0.1, -0.05) is 23.7 Å². The summed E-state index contributed by atoms with van der Waals surface area (Å²) in [6.45, 7) is 0.439. The molecule has 4 nitrogen and oxygen atoms in total. The van der Waals surface area contributed by atoms with Crippen LogP contribution in [0.1, 0.15) is 5.56 Å². The molecule has 0 amide bonds. The number of pyridine rings is 1. The summed E-state index contributed by atoms with van der Waals surface area (Å²) in [5.41, 5.74) is 1.72. The maximum absolute atomic E-state index is 12.0. The summed E-state index contributed by atoms with van der Waals surface area (Å²) in [6.07, 6.45) is 3.24. The Balaban J connectivity index is 2.07. The molecule has 0 bridgehead atoms. The Kier molecular flexibility index (Phi) is 3.54. The van der Waals surface area contributed by atoms with Gasteiger partial charge in [0, 0.05) is 5.02 Å². The van der Waals surface area contributed by atoms with E-state index in [-0.39, 0.29) is 0 Å². The molecular formula is C14H10BrClN3O+. The van der Waals surface area contributed by atoms with Crippen LogP contribution in [0.15, 0.2) is 53.4 Å². The molecule has 0 atom stereocenters. The lowest BCUT2D eigenvalue weighted by Gasteiger charge is -2.01. The van der Waals surface area contributed by atoms with Crippen molar-refractivity contribution in [1.29, 1.82) is 0 Å². The van der Waals surface area contributed by atoms with Crippen molar-refractivity contribution in [3.8, 4) is 0 Å². The van der Waals surface area contributed by atoms with Gasteiger partial charge >= 0.3 is 0 Å². The molecule has 0 radical (unpaired) electrons. The van der Waals surface area contributed by atoms with Gasteiger partial charge in [-0.15, -0.1) is 4.68 Å². The Morgan fingerprint density at radius 2 is 2.15 bits per heavy atom. The quantitative estimate of drug-likeness (QED) is 0.524. The van der Waals surface area contributed by atoms with Crippen LogP contribution in [0.4, 0.5) is 0 Å². The molecule has 0 aliphatic heterocycles. The number of hydrogen-bond donors (Lipinski definition) is 0. The van der Waals surface area contributed by atoms with Gasteiger partial charge in [-0.2, -0.15) is 0 Å². The molecule has 3 rings (SSSR count). The molecule has 0 fully saturated rings. The standard InChI is InChI=1S/C14H10BrClN3O/c15-14-5-4-11-8-19(20)18(9-13(11)17-14)7-10-2-1-3-12(16)6-10/h1-6,8-9H,7H2/q+1. The molecule has 0 aliphatic rings. The lowest BCUT2D eigenvalue weighted by molar-refractivity contribution is -0.596. The van der Waals surface area contributed by atoms with Crippen LogP contribution in [-0.4, -0.2) is 9.67 Å². The average molecular weight is 352 g/mol. The van der Waals surface area contributed by atoms with Gasteiger partial charge in [0.2, 0.25) is 0 Å². The number of hydrogen-bond acceptors (Lipinski definition) is 2. The first kappa shape index (κ1) is 13.3. The van der Waals surface area contributed by atoms with E-state index in [4.69, 9.17) is 11.6 Å². The van der Waals surface area contributed by atoms with Gasteiger partial charge in [-0.25, -0.2) is 4.98 Å². The van der Waals surface area contributed by atoms with E-state index in [1.165, 1.54) is 6.20 Å². The molecular weight excluding hydrogens is 342 g/mol. The normalized spacial score (nSPS) is 10.9. The summed E-state index contributed by atoms with van der Waals surface area (Å²) >= 11 is 9.28. The van der Waals surface area contributed by atoms with Crippen LogP contribution in [0.3, 0.4) is 0 Å². The first-order valence-corrected chi connectivity index (χ1v) is 7.12. The predicted octanol–water partition coefficient (Wildman–Crippen LogP) is 3.42. The van der Waals surface area contributed by atoms with Gasteiger partial charge in [-0.05, 0) is 45.8 Å². The Labute approximate surface area is 128 Å². The smallest absolute Gasteiger partial charge is 0.239 e. The maximum Gasteiger partial charge on any atom is 0.267 e. The molecule has 0 unspecified atom stereocenters. The molecule has 2 aromatic heterocycles. The van der Waals surface area contributed by atoms with Gasteiger partial charge in [0.05, 0.1) is 22.0 Å². The van der Waals surface area contributed by atoms with E-state index in [0.29, 0.717) is 11.6 Å². The largest absolute Gasteiger partial charge is 0.267 e. The topological polar surface area (TPSA) is 40.8 Å². The highest BCUT2D eigenvalue weighted by Crippen LogP contribution is 2.15. The zero-order chi connectivity index (χ0) is 14.1. The molecule has 100 valence electrons. The van der Waals surface area contributed by atoms with Crippen molar-refractivity contribution in [1.82, 2.24) is 9.67 Å². The van der Waals surface area contributed by atoms with Crippen LogP contribution in [-0.2, 0) is 6.54 Å². The van der Waals surface area contributed by atoms with Crippen LogP contribution < -0.4 is 4.54 Å². The molecule has 3 aromatic rings. The predicted molar refractivity (Wildman–Crippen MR) is 81.4 cm³/mol. The molecule has 1 aromatic carbocycles. The van der Waals surface area contributed by atoms with Gasteiger partial charge in [0.1, 0.15) is 11.1 Å². The fourth-order valence-corrected chi connectivity index (χ4v) is 2.54. The molecule has 20 heavy (non-hydrogen) atoms. The summed E-state index contributed by atoms with van der Waals surface area (Å²) in [5, 5.41) is 1.45. The second kappa shape index (κ2) is 5.34. The minimum Gasteiger partial charge on any atom is -0.239 e. The second-order valence-corrected chi connectivity index (χ2v) is 5.65. The second-order valence-electron chi connectivity index (χ2n) is 4.40. The number of halogens is 2. The summed E-state index contributed by atoms with van der Waals surface area (Å²) in [6, 6.07) is 11.1. The summed E-state index contributed by atoms with van der Waals surface area (Å²) < 4.78 is 3.09. The zero-order valence-electron chi connectivity index (χ0n) is 10.3. The van der Waals surface area contributed by atoms with Crippen LogP contribution in [0.2, 0.25) is 5.02 Å². The van der Waals surface area contributed by atoms with Gasteiger partial charge in [0.25, 0.3) is 6.20 Å². The Morgan fingerprint density at radius 1 is 1.30 bits per heavy atom. The van der Waals surface area contributed by atoms with Crippen LogP contribution >= 0.6 is 27.5 Å². The maximum atomic E-state index is 12.0. The van der Waals surface area contributed by atoms with Crippen LogP contribution in [0, 0.1) is 4.91 Å². The van der Waals surface area contributed by atoms with E-state index in [1.54, 1.807) is 16.9 Å². The molecule has 0 saturated heterocycles. The average Bonchev–Trinajstić information content (AvgIpc) is 2.40. The van der Waals surface area contributed by atoms with E-state index in [2.05, 4.69) is 20.9 Å². The van der Waals surface area contributed by atoms with Crippen molar-refractivity contribution in [2.45, 2.75) is 6.54 Å². The summed E-state index contributed by atoms with van der Waals surface area (Å²) in [5.74, 6) is 0. The van der Waals surface area contributed by atoms with Crippen molar-refractivity contribution < 1.29 is 4.54 Å².